The predicted molar refractivity (Wildman–Crippen MR) is 255 cm³/mol. The van der Waals surface area contributed by atoms with E-state index in [0.29, 0.717) is 0 Å². The molecule has 0 N–H and O–H groups in total. The van der Waals surface area contributed by atoms with Crippen molar-refractivity contribution in [3.8, 4) is 50.2 Å². The summed E-state index contributed by atoms with van der Waals surface area (Å²) >= 11 is 0. The van der Waals surface area contributed by atoms with Crippen molar-refractivity contribution in [2.75, 3.05) is 4.90 Å². The first-order valence-electron chi connectivity index (χ1n) is 20.6. The molecule has 1 aromatic heterocycles. The number of para-hydroxylation sites is 1. The molecule has 60 heavy (non-hydrogen) atoms. The van der Waals surface area contributed by atoms with Gasteiger partial charge in [-0.25, -0.2) is 0 Å². The maximum absolute atomic E-state index is 2.39. The van der Waals surface area contributed by atoms with Crippen molar-refractivity contribution >= 4 is 49.6 Å². The summed E-state index contributed by atoms with van der Waals surface area (Å²) in [6, 6.07) is 87.8. The Bertz CT molecular complexity index is 3250. The van der Waals surface area contributed by atoms with E-state index in [4.69, 9.17) is 0 Å². The molecule has 10 aromatic carbocycles. The van der Waals surface area contributed by atoms with Crippen LogP contribution in [0.3, 0.4) is 0 Å². The first-order valence-corrected chi connectivity index (χ1v) is 20.6. The van der Waals surface area contributed by atoms with Gasteiger partial charge in [-0.15, -0.1) is 0 Å². The molecular weight excluding hydrogens is 725 g/mol. The summed E-state index contributed by atoms with van der Waals surface area (Å²) < 4.78 is 2.39. The van der Waals surface area contributed by atoms with Crippen LogP contribution in [-0.2, 0) is 0 Å². The second-order valence-corrected chi connectivity index (χ2v) is 15.4. The molecule has 0 saturated carbocycles. The third kappa shape index (κ3) is 6.41. The Balaban J connectivity index is 0.956. The highest BCUT2D eigenvalue weighted by Crippen LogP contribution is 2.40. The van der Waals surface area contributed by atoms with Gasteiger partial charge in [0.05, 0.1) is 11.0 Å². The highest BCUT2D eigenvalue weighted by Gasteiger charge is 2.16. The lowest BCUT2D eigenvalue weighted by atomic mass is 9.98. The van der Waals surface area contributed by atoms with Gasteiger partial charge in [-0.1, -0.05) is 176 Å². The predicted octanol–water partition coefficient (Wildman–Crippen LogP) is 16.1. The van der Waals surface area contributed by atoms with Crippen LogP contribution in [0.15, 0.2) is 243 Å². The number of aromatic nitrogens is 1. The Morgan fingerprint density at radius 2 is 0.700 bits per heavy atom. The quantitative estimate of drug-likeness (QED) is 0.150. The topological polar surface area (TPSA) is 8.17 Å². The number of rotatable bonds is 8. The summed E-state index contributed by atoms with van der Waals surface area (Å²) in [6.07, 6.45) is 0. The summed E-state index contributed by atoms with van der Waals surface area (Å²) in [5.41, 5.74) is 16.5. The fraction of sp³-hybridized carbons (Fsp3) is 0. The molecule has 0 aliphatic heterocycles. The molecule has 0 saturated heterocycles. The molecule has 2 nitrogen and oxygen atoms in total. The smallest absolute Gasteiger partial charge is 0.0541 e. The van der Waals surface area contributed by atoms with E-state index in [-0.39, 0.29) is 0 Å². The molecule has 11 rings (SSSR count). The van der Waals surface area contributed by atoms with E-state index in [0.717, 1.165) is 22.7 Å². The minimum Gasteiger partial charge on any atom is -0.311 e. The number of benzene rings is 10. The van der Waals surface area contributed by atoms with E-state index in [1.165, 1.54) is 77.1 Å². The number of nitrogens with zero attached hydrogens (tertiary/aromatic N) is 2. The summed E-state index contributed by atoms with van der Waals surface area (Å²) in [6.45, 7) is 0. The molecular formula is C58H40N2. The Morgan fingerprint density at radius 3 is 1.32 bits per heavy atom. The summed E-state index contributed by atoms with van der Waals surface area (Å²) in [7, 11) is 0. The van der Waals surface area contributed by atoms with Gasteiger partial charge < -0.3 is 9.47 Å². The van der Waals surface area contributed by atoms with Crippen molar-refractivity contribution in [2.45, 2.75) is 0 Å². The number of hydrogen-bond donors (Lipinski definition) is 0. The average Bonchev–Trinajstić information content (AvgIpc) is 3.66. The first-order chi connectivity index (χ1) is 29.7. The first kappa shape index (κ1) is 35.2. The number of hydrogen-bond acceptors (Lipinski definition) is 1. The van der Waals surface area contributed by atoms with Crippen LogP contribution < -0.4 is 4.90 Å². The highest BCUT2D eigenvalue weighted by molar-refractivity contribution is 6.10. The van der Waals surface area contributed by atoms with Gasteiger partial charge in [0.2, 0.25) is 0 Å². The molecule has 0 aliphatic carbocycles. The van der Waals surface area contributed by atoms with E-state index in [2.05, 4.69) is 252 Å². The zero-order valence-corrected chi connectivity index (χ0v) is 33.0. The Labute approximate surface area is 350 Å². The fourth-order valence-electron chi connectivity index (χ4n) is 8.82. The van der Waals surface area contributed by atoms with Crippen LogP contribution in [0.5, 0.6) is 0 Å². The Hall–Kier alpha value is -7.94. The van der Waals surface area contributed by atoms with Crippen LogP contribution >= 0.6 is 0 Å². The van der Waals surface area contributed by atoms with E-state index < -0.39 is 0 Å². The molecule has 282 valence electrons. The van der Waals surface area contributed by atoms with Gasteiger partial charge in [-0.05, 0) is 122 Å². The SMILES string of the molecule is c1ccc(-c2ccc(N(c3ccc(-c4ccc5c(c4)c4ccccc4n5-c4ccc(-c5ccccc5)cc4)cc3)c3ccc(-c4cccc5ccccc45)cc3)cc2)cc1. The van der Waals surface area contributed by atoms with Gasteiger partial charge in [-0.2, -0.15) is 0 Å². The van der Waals surface area contributed by atoms with Crippen LogP contribution in [-0.4, -0.2) is 4.57 Å². The van der Waals surface area contributed by atoms with E-state index in [9.17, 15) is 0 Å². The molecule has 0 bridgehead atoms. The second kappa shape index (κ2) is 15.1. The van der Waals surface area contributed by atoms with Crippen LogP contribution in [0.2, 0.25) is 0 Å². The molecule has 0 amide bonds. The minimum atomic E-state index is 1.10. The maximum Gasteiger partial charge on any atom is 0.0541 e. The minimum absolute atomic E-state index is 1.10. The lowest BCUT2D eigenvalue weighted by Gasteiger charge is -2.26. The zero-order valence-electron chi connectivity index (χ0n) is 33.0. The van der Waals surface area contributed by atoms with Crippen molar-refractivity contribution in [3.05, 3.63) is 243 Å². The van der Waals surface area contributed by atoms with Crippen LogP contribution in [0, 0.1) is 0 Å². The summed E-state index contributed by atoms with van der Waals surface area (Å²) in [4.78, 5) is 2.35. The fourth-order valence-corrected chi connectivity index (χ4v) is 8.82. The van der Waals surface area contributed by atoms with Gasteiger partial charge in [0.1, 0.15) is 0 Å². The van der Waals surface area contributed by atoms with E-state index in [1.807, 2.05) is 0 Å². The lowest BCUT2D eigenvalue weighted by Crippen LogP contribution is -2.09. The molecule has 0 spiro atoms. The number of anilines is 3. The molecule has 0 fully saturated rings. The van der Waals surface area contributed by atoms with E-state index in [1.54, 1.807) is 0 Å². The number of fused-ring (bicyclic) bond motifs is 4. The second-order valence-electron chi connectivity index (χ2n) is 15.4. The molecule has 0 radical (unpaired) electrons. The van der Waals surface area contributed by atoms with Gasteiger partial charge >= 0.3 is 0 Å². The van der Waals surface area contributed by atoms with Gasteiger partial charge in [0, 0.05) is 33.5 Å². The van der Waals surface area contributed by atoms with Crippen molar-refractivity contribution in [3.63, 3.8) is 0 Å². The molecule has 0 aliphatic rings. The third-order valence-corrected chi connectivity index (χ3v) is 11.8. The molecule has 11 aromatic rings. The largest absolute Gasteiger partial charge is 0.311 e. The Morgan fingerprint density at radius 1 is 0.267 bits per heavy atom. The monoisotopic (exact) mass is 764 g/mol. The lowest BCUT2D eigenvalue weighted by molar-refractivity contribution is 1.18. The molecule has 0 atom stereocenters. The van der Waals surface area contributed by atoms with Crippen molar-refractivity contribution in [1.29, 1.82) is 0 Å². The maximum atomic E-state index is 2.39. The molecule has 2 heteroatoms. The Kier molecular flexibility index (Phi) is 8.87. The van der Waals surface area contributed by atoms with Crippen molar-refractivity contribution in [1.82, 2.24) is 4.57 Å². The van der Waals surface area contributed by atoms with E-state index >= 15 is 0 Å². The van der Waals surface area contributed by atoms with Gasteiger partial charge in [-0.3, -0.25) is 0 Å². The van der Waals surface area contributed by atoms with Crippen LogP contribution in [0.1, 0.15) is 0 Å². The average molecular weight is 765 g/mol. The van der Waals surface area contributed by atoms with Crippen LogP contribution in [0.4, 0.5) is 17.1 Å². The summed E-state index contributed by atoms with van der Waals surface area (Å²) in [5, 5.41) is 5.00. The highest BCUT2D eigenvalue weighted by atomic mass is 15.1. The van der Waals surface area contributed by atoms with Crippen molar-refractivity contribution in [2.24, 2.45) is 0 Å². The standard InChI is InChI=1S/C58H40N2/c1-3-12-41(13-4-1)43-22-31-49(32-23-43)59(51-37-28-47(29-38-51)54-20-11-17-46-16-7-8-18-53(46)54)50-33-26-45(27-34-50)48-30-39-58-56(40-48)55-19-9-10-21-57(55)60(58)52-35-24-44(25-36-52)42-14-5-2-6-15-42/h1-40H. The zero-order chi connectivity index (χ0) is 39.8. The molecule has 1 heterocycles. The third-order valence-electron chi connectivity index (χ3n) is 11.8. The van der Waals surface area contributed by atoms with Crippen molar-refractivity contribution < 1.29 is 0 Å². The molecule has 0 unspecified atom stereocenters. The van der Waals surface area contributed by atoms with Crippen LogP contribution in [0.25, 0.3) is 82.8 Å². The van der Waals surface area contributed by atoms with Gasteiger partial charge in [0.25, 0.3) is 0 Å². The summed E-state index contributed by atoms with van der Waals surface area (Å²) in [5.74, 6) is 0. The van der Waals surface area contributed by atoms with Gasteiger partial charge in [0.15, 0.2) is 0 Å². The normalized spacial score (nSPS) is 11.3.